The first-order valence-electron chi connectivity index (χ1n) is 15.0. The largest absolute Gasteiger partial charge is 0.464 e. The van der Waals surface area contributed by atoms with Gasteiger partial charge in [0, 0.05) is 51.9 Å². The molecule has 0 spiro atoms. The molecule has 40 heavy (non-hydrogen) atoms. The third kappa shape index (κ3) is 8.70. The summed E-state index contributed by atoms with van der Waals surface area (Å²) in [5.41, 5.74) is -0.488. The van der Waals surface area contributed by atoms with Gasteiger partial charge in [-0.1, -0.05) is 20.8 Å². The van der Waals surface area contributed by atoms with E-state index < -0.39 is 6.09 Å². The molecule has 3 aliphatic carbocycles. The predicted octanol–water partition coefficient (Wildman–Crippen LogP) is 3.40. The minimum atomic E-state index is -0.483. The number of hydrogen-bond donors (Lipinski definition) is 1. The average molecular weight is 558 g/mol. The molecule has 2 unspecified atom stereocenters. The molecule has 1 saturated heterocycles. The molecular weight excluding hydrogens is 510 g/mol. The van der Waals surface area contributed by atoms with Gasteiger partial charge in [0.2, 0.25) is 5.91 Å². The third-order valence-electron chi connectivity index (χ3n) is 8.82. The zero-order valence-electron chi connectivity index (χ0n) is 24.8. The Morgan fingerprint density at radius 3 is 2.27 bits per heavy atom. The Labute approximate surface area is 239 Å². The quantitative estimate of drug-likeness (QED) is 0.307. The van der Waals surface area contributed by atoms with Gasteiger partial charge in [-0.2, -0.15) is 0 Å². The Morgan fingerprint density at radius 1 is 0.975 bits per heavy atom. The van der Waals surface area contributed by atoms with E-state index in [1.807, 2.05) is 32.6 Å². The van der Waals surface area contributed by atoms with Crippen molar-refractivity contribution in [3.8, 4) is 11.8 Å². The number of piperazine rings is 1. The number of fused-ring (bicyclic) bond motifs is 1. The molecule has 2 amide bonds. The van der Waals surface area contributed by atoms with Crippen LogP contribution in [0.25, 0.3) is 0 Å². The van der Waals surface area contributed by atoms with Gasteiger partial charge in [-0.3, -0.25) is 19.3 Å². The van der Waals surface area contributed by atoms with Gasteiger partial charge in [0.25, 0.3) is 0 Å². The van der Waals surface area contributed by atoms with Gasteiger partial charge in [-0.25, -0.2) is 4.79 Å². The molecule has 0 aromatic carbocycles. The molecule has 4 aliphatic rings. The number of nitrogens with zero attached hydrogens (tertiary/aromatic N) is 2. The van der Waals surface area contributed by atoms with Crippen LogP contribution >= 0.6 is 0 Å². The summed E-state index contributed by atoms with van der Waals surface area (Å²) in [6.45, 7) is 10.5. The topological polar surface area (TPSA) is 105 Å². The number of carbonyl (C=O) groups excluding carboxylic acids is 4. The molecule has 0 aromatic rings. The first-order chi connectivity index (χ1) is 18.9. The highest BCUT2D eigenvalue weighted by Crippen LogP contribution is 2.52. The lowest BCUT2D eigenvalue weighted by Crippen LogP contribution is -2.58. The number of carbonyl (C=O) groups is 4. The van der Waals surface area contributed by atoms with E-state index in [4.69, 9.17) is 9.47 Å². The van der Waals surface area contributed by atoms with Crippen LogP contribution < -0.4 is 5.32 Å². The second-order valence-corrected chi connectivity index (χ2v) is 13.6. The number of rotatable bonds is 11. The molecule has 9 nitrogen and oxygen atoms in total. The second-order valence-electron chi connectivity index (χ2n) is 13.6. The van der Waals surface area contributed by atoms with Gasteiger partial charge in [0.15, 0.2) is 0 Å². The van der Waals surface area contributed by atoms with Crippen molar-refractivity contribution in [2.45, 2.75) is 85.1 Å². The van der Waals surface area contributed by atoms with Gasteiger partial charge < -0.3 is 19.7 Å². The van der Waals surface area contributed by atoms with E-state index in [0.717, 1.165) is 38.5 Å². The Bertz CT molecular complexity index is 1000. The molecule has 2 saturated carbocycles. The number of amides is 2. The summed E-state index contributed by atoms with van der Waals surface area (Å²) in [4.78, 5) is 54.2. The summed E-state index contributed by atoms with van der Waals surface area (Å²) in [7, 11) is 0. The van der Waals surface area contributed by atoms with Crippen LogP contribution in [0.5, 0.6) is 0 Å². The summed E-state index contributed by atoms with van der Waals surface area (Å²) in [6, 6.07) is -0.244. The lowest BCUT2D eigenvalue weighted by molar-refractivity contribution is -0.152. The molecule has 222 valence electrons. The molecule has 1 aliphatic heterocycles. The van der Waals surface area contributed by atoms with E-state index >= 15 is 0 Å². The van der Waals surface area contributed by atoms with Crippen molar-refractivity contribution in [2.24, 2.45) is 28.6 Å². The summed E-state index contributed by atoms with van der Waals surface area (Å²) in [6.07, 6.45) is 5.83. The lowest BCUT2D eigenvalue weighted by atomic mass is 9.89. The molecule has 1 heterocycles. The summed E-state index contributed by atoms with van der Waals surface area (Å²) < 4.78 is 11.1. The van der Waals surface area contributed by atoms with E-state index in [-0.39, 0.29) is 60.6 Å². The van der Waals surface area contributed by atoms with Gasteiger partial charge in [-0.15, -0.1) is 11.8 Å². The minimum Gasteiger partial charge on any atom is -0.464 e. The molecule has 1 N–H and O–H groups in total. The maximum Gasteiger partial charge on any atom is 0.407 e. The van der Waals surface area contributed by atoms with Crippen molar-refractivity contribution < 1.29 is 28.7 Å². The van der Waals surface area contributed by atoms with Crippen LogP contribution in [0, 0.1) is 40.4 Å². The maximum absolute atomic E-state index is 13.0. The Hall–Kier alpha value is -2.60. The van der Waals surface area contributed by atoms with Crippen molar-refractivity contribution >= 4 is 23.8 Å². The minimum absolute atomic E-state index is 0.0767. The zero-order valence-corrected chi connectivity index (χ0v) is 24.8. The standard InChI is InChI=1S/C31H47N3O6/c1-30(2,3)17-23(35)19-33-15-16-34(18-22(33)20-39-28(37)31(4)12-13-31)27(36)11-14-32-29(38)40-21-26-24-9-7-5-6-8-10-25(24)26/h22,24-26H,7-21H2,1-4H3,(H,32,38)/t22?,24-,25+,26?. The fraction of sp³-hybridized carbons (Fsp3) is 0.806. The number of alkyl carbamates (subject to hydrolysis) is 1. The van der Waals surface area contributed by atoms with Crippen molar-refractivity contribution in [2.75, 3.05) is 45.9 Å². The molecular formula is C31H47N3O6. The van der Waals surface area contributed by atoms with E-state index in [1.54, 1.807) is 4.90 Å². The number of esters is 1. The van der Waals surface area contributed by atoms with Crippen molar-refractivity contribution in [3.63, 3.8) is 0 Å². The van der Waals surface area contributed by atoms with Crippen LogP contribution in [-0.2, 0) is 23.9 Å². The highest BCUT2D eigenvalue weighted by molar-refractivity contribution is 5.81. The molecule has 0 aromatic heterocycles. The van der Waals surface area contributed by atoms with Crippen LogP contribution in [-0.4, -0.2) is 85.5 Å². The number of nitrogens with one attached hydrogen (secondary N) is 1. The molecule has 4 rings (SSSR count). The summed E-state index contributed by atoms with van der Waals surface area (Å²) in [5, 5.41) is 2.72. The molecule has 0 radical (unpaired) electrons. The first kappa shape index (κ1) is 30.4. The van der Waals surface area contributed by atoms with Crippen molar-refractivity contribution in [3.05, 3.63) is 0 Å². The fourth-order valence-electron chi connectivity index (χ4n) is 6.03. The van der Waals surface area contributed by atoms with Gasteiger partial charge in [-0.05, 0) is 55.8 Å². The zero-order chi connectivity index (χ0) is 28.9. The Morgan fingerprint density at radius 2 is 1.65 bits per heavy atom. The number of hydrogen-bond acceptors (Lipinski definition) is 7. The third-order valence-corrected chi connectivity index (χ3v) is 8.82. The van der Waals surface area contributed by atoms with E-state index in [2.05, 4.69) is 17.2 Å². The molecule has 3 fully saturated rings. The Balaban J connectivity index is 1.20. The van der Waals surface area contributed by atoms with E-state index in [9.17, 15) is 19.2 Å². The fourth-order valence-corrected chi connectivity index (χ4v) is 6.03. The SMILES string of the molecule is CC(C)(C)CC(=O)CN1CCN(C(=O)CCNC(=O)OCC2[C@H]3CCC#CCC[C@@H]23)CC1COC(=O)C1(C)CC1. The lowest BCUT2D eigenvalue weighted by Gasteiger charge is -2.41. The van der Waals surface area contributed by atoms with Crippen LogP contribution in [0.4, 0.5) is 4.79 Å². The number of ether oxygens (including phenoxy) is 2. The average Bonchev–Trinajstić information content (AvgIpc) is 3.77. The van der Waals surface area contributed by atoms with Crippen LogP contribution in [0.2, 0.25) is 0 Å². The molecule has 4 atom stereocenters. The normalized spacial score (nSPS) is 27.1. The second kappa shape index (κ2) is 12.9. The molecule has 0 bridgehead atoms. The smallest absolute Gasteiger partial charge is 0.407 e. The number of Topliss-reactive ketones (excluding diaryl/α,β-unsaturated/α-hetero) is 1. The summed E-state index contributed by atoms with van der Waals surface area (Å²) >= 11 is 0. The highest BCUT2D eigenvalue weighted by atomic mass is 16.5. The van der Waals surface area contributed by atoms with Crippen LogP contribution in [0.1, 0.15) is 79.1 Å². The Kier molecular flexibility index (Phi) is 9.81. The number of ketones is 1. The van der Waals surface area contributed by atoms with Crippen LogP contribution in [0.15, 0.2) is 0 Å². The summed E-state index contributed by atoms with van der Waals surface area (Å²) in [5.74, 6) is 7.90. The van der Waals surface area contributed by atoms with Gasteiger partial charge in [0.05, 0.1) is 24.6 Å². The van der Waals surface area contributed by atoms with Gasteiger partial charge in [0.1, 0.15) is 12.4 Å². The van der Waals surface area contributed by atoms with Crippen LogP contribution in [0.3, 0.4) is 0 Å². The highest BCUT2D eigenvalue weighted by Gasteiger charge is 2.49. The predicted molar refractivity (Wildman–Crippen MR) is 150 cm³/mol. The van der Waals surface area contributed by atoms with Gasteiger partial charge >= 0.3 is 12.1 Å². The van der Waals surface area contributed by atoms with E-state index in [0.29, 0.717) is 50.4 Å². The molecule has 9 heteroatoms. The monoisotopic (exact) mass is 557 g/mol. The van der Waals surface area contributed by atoms with Crippen molar-refractivity contribution in [1.82, 2.24) is 15.1 Å². The first-order valence-corrected chi connectivity index (χ1v) is 15.0. The maximum atomic E-state index is 13.0. The van der Waals surface area contributed by atoms with E-state index in [1.165, 1.54) is 0 Å². The van der Waals surface area contributed by atoms with Crippen molar-refractivity contribution in [1.29, 1.82) is 0 Å².